The predicted molar refractivity (Wildman–Crippen MR) is 106 cm³/mol. The van der Waals surface area contributed by atoms with Crippen LogP contribution in [-0.4, -0.2) is 49.2 Å². The largest absolute Gasteiger partial charge is 0.495 e. The highest BCUT2D eigenvalue weighted by Gasteiger charge is 2.25. The summed E-state index contributed by atoms with van der Waals surface area (Å²) in [6, 6.07) is 1.69. The van der Waals surface area contributed by atoms with E-state index in [-0.39, 0.29) is 27.9 Å². The SMILES string of the molecule is COc1c2occc2c(OC)c2c(=O)c(/C=N/N=C3/SCC(=O)N3C)coc12. The first-order valence-electron chi connectivity index (χ1n) is 8.13. The first-order chi connectivity index (χ1) is 13.6. The zero-order chi connectivity index (χ0) is 19.8. The van der Waals surface area contributed by atoms with Crippen LogP contribution in [-0.2, 0) is 4.79 Å². The van der Waals surface area contributed by atoms with Gasteiger partial charge in [0, 0.05) is 7.05 Å². The van der Waals surface area contributed by atoms with Crippen LogP contribution in [0.1, 0.15) is 5.56 Å². The molecular formula is C18H15N3O6S. The molecule has 0 saturated carbocycles. The van der Waals surface area contributed by atoms with Crippen molar-refractivity contribution >= 4 is 51.0 Å². The van der Waals surface area contributed by atoms with Gasteiger partial charge in [0.15, 0.2) is 16.3 Å². The third kappa shape index (κ3) is 2.73. The number of carbonyl (C=O) groups is 1. The zero-order valence-electron chi connectivity index (χ0n) is 15.2. The van der Waals surface area contributed by atoms with Crippen molar-refractivity contribution in [2.45, 2.75) is 0 Å². The number of carbonyl (C=O) groups excluding carboxylic acids is 1. The summed E-state index contributed by atoms with van der Waals surface area (Å²) in [5.41, 5.74) is 0.463. The van der Waals surface area contributed by atoms with E-state index in [4.69, 9.17) is 18.3 Å². The second kappa shape index (κ2) is 7.04. The van der Waals surface area contributed by atoms with Crippen LogP contribution in [0.25, 0.3) is 21.9 Å². The molecule has 10 heteroatoms. The molecule has 0 atom stereocenters. The fourth-order valence-corrected chi connectivity index (χ4v) is 3.75. The Hall–Kier alpha value is -3.27. The van der Waals surface area contributed by atoms with E-state index >= 15 is 0 Å². The van der Waals surface area contributed by atoms with Crippen molar-refractivity contribution < 1.29 is 23.1 Å². The summed E-state index contributed by atoms with van der Waals surface area (Å²) in [6.07, 6.45) is 4.03. The Morgan fingerprint density at radius 3 is 2.64 bits per heavy atom. The number of furan rings is 1. The maximum atomic E-state index is 13.0. The molecule has 4 rings (SSSR count). The lowest BCUT2D eigenvalue weighted by atomic mass is 10.1. The molecule has 0 unspecified atom stereocenters. The number of fused-ring (bicyclic) bond motifs is 2. The van der Waals surface area contributed by atoms with E-state index in [9.17, 15) is 9.59 Å². The van der Waals surface area contributed by atoms with Gasteiger partial charge in [0.2, 0.25) is 17.1 Å². The molecule has 2 aromatic heterocycles. The van der Waals surface area contributed by atoms with Crippen molar-refractivity contribution in [3.63, 3.8) is 0 Å². The van der Waals surface area contributed by atoms with Gasteiger partial charge in [-0.3, -0.25) is 14.5 Å². The molecule has 28 heavy (non-hydrogen) atoms. The van der Waals surface area contributed by atoms with E-state index in [1.807, 2.05) is 0 Å². The number of amides is 1. The molecule has 1 aliphatic heterocycles. The molecular weight excluding hydrogens is 386 g/mol. The standard InChI is InChI=1S/C18H15N3O6S/c1-21-11(22)8-28-18(21)20-19-6-9-7-27-16-12(13(9)23)14(24-2)10-4-5-26-15(10)17(16)25-3/h4-7H,8H2,1-3H3/b19-6+,20-18+. The van der Waals surface area contributed by atoms with E-state index in [2.05, 4.69) is 10.2 Å². The summed E-state index contributed by atoms with van der Waals surface area (Å²) in [7, 11) is 4.55. The van der Waals surface area contributed by atoms with Crippen LogP contribution in [0.2, 0.25) is 0 Å². The van der Waals surface area contributed by atoms with Gasteiger partial charge < -0.3 is 18.3 Å². The Labute approximate surface area is 162 Å². The number of hydrogen-bond acceptors (Lipinski definition) is 9. The molecule has 144 valence electrons. The Balaban J connectivity index is 1.86. The number of hydrogen-bond donors (Lipinski definition) is 0. The molecule has 0 bridgehead atoms. The second-order valence-electron chi connectivity index (χ2n) is 5.82. The van der Waals surface area contributed by atoms with E-state index < -0.39 is 0 Å². The van der Waals surface area contributed by atoms with Crippen LogP contribution in [0, 0.1) is 0 Å². The number of benzene rings is 1. The van der Waals surface area contributed by atoms with Gasteiger partial charge in [-0.25, -0.2) is 0 Å². The number of rotatable bonds is 4. The highest BCUT2D eigenvalue weighted by atomic mass is 32.2. The molecule has 3 aromatic rings. The first kappa shape index (κ1) is 18.1. The molecule has 1 saturated heterocycles. The average molecular weight is 401 g/mol. The highest BCUT2D eigenvalue weighted by Crippen LogP contribution is 2.41. The van der Waals surface area contributed by atoms with Gasteiger partial charge in [-0.05, 0) is 6.07 Å². The molecule has 0 spiro atoms. The van der Waals surface area contributed by atoms with Crippen LogP contribution in [0.15, 0.2) is 42.4 Å². The van der Waals surface area contributed by atoms with Crippen molar-refractivity contribution in [1.29, 1.82) is 0 Å². The number of nitrogens with zero attached hydrogens (tertiary/aromatic N) is 3. The molecule has 1 fully saturated rings. The summed E-state index contributed by atoms with van der Waals surface area (Å²) >= 11 is 1.28. The number of amidine groups is 1. The van der Waals surface area contributed by atoms with Crippen molar-refractivity contribution in [3.8, 4) is 11.5 Å². The third-order valence-corrected chi connectivity index (χ3v) is 5.31. The van der Waals surface area contributed by atoms with Crippen molar-refractivity contribution in [3.05, 3.63) is 34.4 Å². The van der Waals surface area contributed by atoms with Crippen molar-refractivity contribution in [2.75, 3.05) is 27.0 Å². The first-order valence-corrected chi connectivity index (χ1v) is 9.12. The molecule has 3 heterocycles. The maximum Gasteiger partial charge on any atom is 0.238 e. The lowest BCUT2D eigenvalue weighted by Crippen LogP contribution is -2.24. The van der Waals surface area contributed by atoms with Crippen LogP contribution >= 0.6 is 11.8 Å². The van der Waals surface area contributed by atoms with Crippen LogP contribution in [0.3, 0.4) is 0 Å². The normalized spacial score (nSPS) is 16.2. The fraction of sp³-hybridized carbons (Fsp3) is 0.222. The molecule has 0 N–H and O–H groups in total. The van der Waals surface area contributed by atoms with Gasteiger partial charge >= 0.3 is 0 Å². The van der Waals surface area contributed by atoms with E-state index in [0.717, 1.165) is 0 Å². The predicted octanol–water partition coefficient (Wildman–Crippen LogP) is 2.45. The number of thioether (sulfide) groups is 1. The summed E-state index contributed by atoms with van der Waals surface area (Å²) in [5.74, 6) is 0.900. The minimum atomic E-state index is -0.355. The van der Waals surface area contributed by atoms with Gasteiger partial charge in [-0.1, -0.05) is 11.8 Å². The lowest BCUT2D eigenvalue weighted by Gasteiger charge is -2.10. The van der Waals surface area contributed by atoms with Gasteiger partial charge in [-0.2, -0.15) is 5.10 Å². The molecule has 0 aliphatic carbocycles. The van der Waals surface area contributed by atoms with Crippen LogP contribution < -0.4 is 14.9 Å². The summed E-state index contributed by atoms with van der Waals surface area (Å²) in [6.45, 7) is 0. The minimum Gasteiger partial charge on any atom is -0.495 e. The van der Waals surface area contributed by atoms with E-state index in [0.29, 0.717) is 33.4 Å². The Morgan fingerprint density at radius 1 is 1.18 bits per heavy atom. The molecule has 0 radical (unpaired) electrons. The number of methoxy groups -OCH3 is 2. The molecule has 1 amide bonds. The second-order valence-corrected chi connectivity index (χ2v) is 6.77. The molecule has 9 nitrogen and oxygen atoms in total. The summed E-state index contributed by atoms with van der Waals surface area (Å²) in [4.78, 5) is 26.0. The monoisotopic (exact) mass is 401 g/mol. The van der Waals surface area contributed by atoms with Gasteiger partial charge in [-0.15, -0.1) is 5.10 Å². The smallest absolute Gasteiger partial charge is 0.238 e. The minimum absolute atomic E-state index is 0.0508. The number of ether oxygens (including phenoxy) is 2. The van der Waals surface area contributed by atoms with Crippen molar-refractivity contribution in [1.82, 2.24) is 4.90 Å². The van der Waals surface area contributed by atoms with Gasteiger partial charge in [0.25, 0.3) is 0 Å². The topological polar surface area (TPSA) is 107 Å². The van der Waals surface area contributed by atoms with Gasteiger partial charge in [0.05, 0.1) is 43.4 Å². The highest BCUT2D eigenvalue weighted by molar-refractivity contribution is 8.15. The maximum absolute atomic E-state index is 13.0. The van der Waals surface area contributed by atoms with Gasteiger partial charge in [0.1, 0.15) is 17.4 Å². The summed E-state index contributed by atoms with van der Waals surface area (Å²) in [5, 5.41) is 9.19. The average Bonchev–Trinajstić information content (AvgIpc) is 3.30. The van der Waals surface area contributed by atoms with Crippen LogP contribution in [0.5, 0.6) is 11.5 Å². The summed E-state index contributed by atoms with van der Waals surface area (Å²) < 4.78 is 21.9. The molecule has 1 aliphatic rings. The van der Waals surface area contributed by atoms with Crippen LogP contribution in [0.4, 0.5) is 0 Å². The lowest BCUT2D eigenvalue weighted by molar-refractivity contribution is -0.123. The van der Waals surface area contributed by atoms with E-state index in [1.165, 1.54) is 49.6 Å². The Bertz CT molecular complexity index is 1210. The quantitative estimate of drug-likeness (QED) is 0.488. The van der Waals surface area contributed by atoms with E-state index in [1.54, 1.807) is 13.1 Å². The molecule has 1 aromatic carbocycles. The zero-order valence-corrected chi connectivity index (χ0v) is 16.0. The fourth-order valence-electron chi connectivity index (χ4n) is 2.91. The van der Waals surface area contributed by atoms with Crippen molar-refractivity contribution in [2.24, 2.45) is 10.2 Å². The third-order valence-electron chi connectivity index (χ3n) is 4.30. The Kier molecular flexibility index (Phi) is 4.55. The Morgan fingerprint density at radius 2 is 1.96 bits per heavy atom.